The Hall–Kier alpha value is -0.840. The maximum Gasteiger partial charge on any atom is 0.117 e. The van der Waals surface area contributed by atoms with Crippen LogP contribution in [0.2, 0.25) is 0 Å². The zero-order valence-corrected chi connectivity index (χ0v) is 10.8. The van der Waals surface area contributed by atoms with Gasteiger partial charge in [-0.3, -0.25) is 0 Å². The SMILES string of the molecule is CC(C)(C)[C@@H](O)C[C@@H](CO)NCc1ccco1. The monoisotopic (exact) mass is 241 g/mol. The van der Waals surface area contributed by atoms with Crippen LogP contribution in [0.1, 0.15) is 33.0 Å². The number of aliphatic hydroxyl groups excluding tert-OH is 2. The van der Waals surface area contributed by atoms with E-state index in [4.69, 9.17) is 4.42 Å². The van der Waals surface area contributed by atoms with Gasteiger partial charge in [-0.2, -0.15) is 0 Å². The first-order valence-electron chi connectivity index (χ1n) is 5.98. The van der Waals surface area contributed by atoms with E-state index in [1.54, 1.807) is 6.26 Å². The third kappa shape index (κ3) is 4.89. The van der Waals surface area contributed by atoms with Crippen molar-refractivity contribution < 1.29 is 14.6 Å². The minimum absolute atomic E-state index is 0.00779. The summed E-state index contributed by atoms with van der Waals surface area (Å²) in [4.78, 5) is 0. The van der Waals surface area contributed by atoms with Crippen LogP contribution in [-0.4, -0.2) is 29.0 Å². The van der Waals surface area contributed by atoms with E-state index in [2.05, 4.69) is 5.32 Å². The lowest BCUT2D eigenvalue weighted by Crippen LogP contribution is -2.39. The van der Waals surface area contributed by atoms with Gasteiger partial charge in [0.15, 0.2) is 0 Å². The molecule has 1 aromatic rings. The maximum absolute atomic E-state index is 9.97. The Bertz CT molecular complexity index is 303. The molecule has 0 aliphatic heterocycles. The fourth-order valence-electron chi connectivity index (χ4n) is 1.50. The van der Waals surface area contributed by atoms with Crippen molar-refractivity contribution in [3.05, 3.63) is 24.2 Å². The summed E-state index contributed by atoms with van der Waals surface area (Å²) in [6.07, 6.45) is 1.71. The molecule has 0 unspecified atom stereocenters. The van der Waals surface area contributed by atoms with Crippen LogP contribution < -0.4 is 5.32 Å². The largest absolute Gasteiger partial charge is 0.468 e. The quantitative estimate of drug-likeness (QED) is 0.706. The molecule has 17 heavy (non-hydrogen) atoms. The summed E-state index contributed by atoms with van der Waals surface area (Å²) in [7, 11) is 0. The second-order valence-electron chi connectivity index (χ2n) is 5.46. The van der Waals surface area contributed by atoms with E-state index >= 15 is 0 Å². The third-order valence-corrected chi connectivity index (χ3v) is 2.87. The summed E-state index contributed by atoms with van der Waals surface area (Å²) in [5, 5.41) is 22.4. The molecule has 4 heteroatoms. The number of furan rings is 1. The van der Waals surface area contributed by atoms with E-state index in [9.17, 15) is 10.2 Å². The van der Waals surface area contributed by atoms with Gasteiger partial charge in [-0.25, -0.2) is 0 Å². The topological polar surface area (TPSA) is 65.6 Å². The second kappa shape index (κ2) is 6.19. The first-order valence-corrected chi connectivity index (χ1v) is 5.98. The molecule has 4 nitrogen and oxygen atoms in total. The Balaban J connectivity index is 2.38. The fraction of sp³-hybridized carbons (Fsp3) is 0.692. The molecule has 98 valence electrons. The van der Waals surface area contributed by atoms with Crippen molar-refractivity contribution in [1.82, 2.24) is 5.32 Å². The van der Waals surface area contributed by atoms with Gasteiger partial charge in [0.25, 0.3) is 0 Å². The first kappa shape index (κ1) is 14.2. The average Bonchev–Trinajstić information content (AvgIpc) is 2.75. The number of nitrogens with one attached hydrogen (secondary N) is 1. The lowest BCUT2D eigenvalue weighted by molar-refractivity contribution is 0.0387. The van der Waals surface area contributed by atoms with Gasteiger partial charge in [-0.05, 0) is 24.0 Å². The summed E-state index contributed by atoms with van der Waals surface area (Å²) in [6.45, 7) is 6.53. The molecule has 1 aromatic heterocycles. The number of rotatable bonds is 6. The highest BCUT2D eigenvalue weighted by Gasteiger charge is 2.25. The molecule has 2 atom stereocenters. The van der Waals surface area contributed by atoms with Gasteiger partial charge >= 0.3 is 0 Å². The van der Waals surface area contributed by atoms with Crippen LogP contribution in [0.25, 0.3) is 0 Å². The number of hydrogen-bond donors (Lipinski definition) is 3. The molecular formula is C13H23NO3. The molecule has 0 aliphatic rings. The summed E-state index contributed by atoms with van der Waals surface area (Å²) < 4.78 is 5.19. The van der Waals surface area contributed by atoms with Crippen molar-refractivity contribution in [3.8, 4) is 0 Å². The van der Waals surface area contributed by atoms with Crippen molar-refractivity contribution >= 4 is 0 Å². The van der Waals surface area contributed by atoms with E-state index in [1.807, 2.05) is 32.9 Å². The molecule has 0 saturated heterocycles. The molecule has 0 spiro atoms. The Morgan fingerprint density at radius 2 is 2.12 bits per heavy atom. The summed E-state index contributed by atoms with van der Waals surface area (Å²) in [5.41, 5.74) is -0.167. The minimum Gasteiger partial charge on any atom is -0.468 e. The Morgan fingerprint density at radius 1 is 1.41 bits per heavy atom. The van der Waals surface area contributed by atoms with Crippen molar-refractivity contribution in [2.24, 2.45) is 5.41 Å². The molecule has 0 saturated carbocycles. The summed E-state index contributed by atoms with van der Waals surface area (Å²) in [6, 6.07) is 3.59. The summed E-state index contributed by atoms with van der Waals surface area (Å²) in [5.74, 6) is 0.827. The number of aliphatic hydroxyl groups is 2. The lowest BCUT2D eigenvalue weighted by Gasteiger charge is -2.29. The predicted octanol–water partition coefficient (Wildman–Crippen LogP) is 1.53. The van der Waals surface area contributed by atoms with Crippen LogP contribution in [0, 0.1) is 5.41 Å². The molecule has 1 heterocycles. The van der Waals surface area contributed by atoms with Crippen LogP contribution >= 0.6 is 0 Å². The molecule has 3 N–H and O–H groups in total. The fourth-order valence-corrected chi connectivity index (χ4v) is 1.50. The Kier molecular flexibility index (Phi) is 5.18. The molecule has 0 radical (unpaired) electrons. The van der Waals surface area contributed by atoms with Gasteiger partial charge in [-0.15, -0.1) is 0 Å². The van der Waals surface area contributed by atoms with Gasteiger partial charge in [-0.1, -0.05) is 20.8 Å². The highest BCUT2D eigenvalue weighted by molar-refractivity contribution is 4.97. The van der Waals surface area contributed by atoms with Crippen molar-refractivity contribution in [2.45, 2.75) is 45.9 Å². The summed E-state index contributed by atoms with van der Waals surface area (Å²) >= 11 is 0. The van der Waals surface area contributed by atoms with Crippen molar-refractivity contribution in [1.29, 1.82) is 0 Å². The van der Waals surface area contributed by atoms with Crippen molar-refractivity contribution in [2.75, 3.05) is 6.61 Å². The van der Waals surface area contributed by atoms with E-state index < -0.39 is 6.10 Å². The van der Waals surface area contributed by atoms with E-state index in [-0.39, 0.29) is 18.1 Å². The number of hydrogen-bond acceptors (Lipinski definition) is 4. The zero-order chi connectivity index (χ0) is 12.9. The molecule has 0 aliphatic carbocycles. The Morgan fingerprint density at radius 3 is 2.59 bits per heavy atom. The molecule has 0 fully saturated rings. The van der Waals surface area contributed by atoms with E-state index in [1.165, 1.54) is 0 Å². The standard InChI is InChI=1S/C13H23NO3/c1-13(2,3)12(16)7-10(9-15)14-8-11-5-4-6-17-11/h4-6,10,12,14-16H,7-9H2,1-3H3/t10-,12-/m0/s1. The third-order valence-electron chi connectivity index (χ3n) is 2.87. The Labute approximate surface area is 103 Å². The molecule has 0 amide bonds. The van der Waals surface area contributed by atoms with Crippen LogP contribution in [0.15, 0.2) is 22.8 Å². The first-order chi connectivity index (χ1) is 7.93. The van der Waals surface area contributed by atoms with Crippen molar-refractivity contribution in [3.63, 3.8) is 0 Å². The zero-order valence-electron chi connectivity index (χ0n) is 10.8. The molecule has 1 rings (SSSR count). The predicted molar refractivity (Wildman–Crippen MR) is 66.5 cm³/mol. The molecule has 0 bridgehead atoms. The smallest absolute Gasteiger partial charge is 0.117 e. The molecular weight excluding hydrogens is 218 g/mol. The van der Waals surface area contributed by atoms with Crippen LogP contribution in [0.3, 0.4) is 0 Å². The van der Waals surface area contributed by atoms with Gasteiger partial charge in [0.2, 0.25) is 0 Å². The van der Waals surface area contributed by atoms with Gasteiger partial charge in [0.05, 0.1) is 25.5 Å². The molecule has 0 aromatic carbocycles. The van der Waals surface area contributed by atoms with Crippen LogP contribution in [0.4, 0.5) is 0 Å². The van der Waals surface area contributed by atoms with Crippen LogP contribution in [-0.2, 0) is 6.54 Å². The van der Waals surface area contributed by atoms with E-state index in [0.29, 0.717) is 13.0 Å². The van der Waals surface area contributed by atoms with E-state index in [0.717, 1.165) is 5.76 Å². The second-order valence-corrected chi connectivity index (χ2v) is 5.46. The van der Waals surface area contributed by atoms with Gasteiger partial charge in [0.1, 0.15) is 5.76 Å². The lowest BCUT2D eigenvalue weighted by atomic mass is 9.85. The highest BCUT2D eigenvalue weighted by Crippen LogP contribution is 2.22. The minimum atomic E-state index is -0.441. The highest BCUT2D eigenvalue weighted by atomic mass is 16.3. The average molecular weight is 241 g/mol. The van der Waals surface area contributed by atoms with Crippen LogP contribution in [0.5, 0.6) is 0 Å². The van der Waals surface area contributed by atoms with Gasteiger partial charge in [0, 0.05) is 6.04 Å². The maximum atomic E-state index is 9.97. The normalized spacial score (nSPS) is 15.8. The van der Waals surface area contributed by atoms with Gasteiger partial charge < -0.3 is 19.9 Å².